The van der Waals surface area contributed by atoms with E-state index in [4.69, 9.17) is 9.84 Å². The third-order valence-corrected chi connectivity index (χ3v) is 3.72. The summed E-state index contributed by atoms with van der Waals surface area (Å²) in [4.78, 5) is 24.2. The van der Waals surface area contributed by atoms with E-state index in [0.29, 0.717) is 12.3 Å². The number of ether oxygens (including phenoxy) is 1. The van der Waals surface area contributed by atoms with Crippen LogP contribution < -0.4 is 9.64 Å². The van der Waals surface area contributed by atoms with Crippen LogP contribution >= 0.6 is 0 Å². The van der Waals surface area contributed by atoms with Crippen molar-refractivity contribution in [3.05, 3.63) is 24.3 Å². The molecule has 0 amide bonds. The van der Waals surface area contributed by atoms with Crippen LogP contribution in [-0.4, -0.2) is 36.1 Å². The molecule has 1 aliphatic rings. The first-order chi connectivity index (χ1) is 9.92. The summed E-state index contributed by atoms with van der Waals surface area (Å²) in [6.07, 6.45) is 2.93. The van der Waals surface area contributed by atoms with Crippen LogP contribution in [-0.2, 0) is 9.59 Å². The monoisotopic (exact) mass is 291 g/mol. The molecular formula is C16H21NO4. The quantitative estimate of drug-likeness (QED) is 0.843. The zero-order chi connectivity index (χ0) is 15.5. The first kappa shape index (κ1) is 15.4. The second-order valence-corrected chi connectivity index (χ2v) is 5.90. The lowest BCUT2D eigenvalue weighted by Gasteiger charge is -2.32. The summed E-state index contributed by atoms with van der Waals surface area (Å²) in [5, 5.41) is 9.11. The van der Waals surface area contributed by atoms with E-state index in [1.807, 2.05) is 18.2 Å². The molecule has 1 heterocycles. The highest BCUT2D eigenvalue weighted by Gasteiger charge is 2.29. The highest BCUT2D eigenvalue weighted by molar-refractivity contribution is 5.76. The van der Waals surface area contributed by atoms with Crippen molar-refractivity contribution in [2.75, 3.05) is 18.0 Å². The van der Waals surface area contributed by atoms with Crippen molar-refractivity contribution < 1.29 is 19.4 Å². The molecule has 5 nitrogen and oxygen atoms in total. The molecule has 0 aromatic heterocycles. The Bertz CT molecular complexity index is 527. The molecule has 21 heavy (non-hydrogen) atoms. The van der Waals surface area contributed by atoms with Gasteiger partial charge in [0.25, 0.3) is 0 Å². The summed E-state index contributed by atoms with van der Waals surface area (Å²) in [5.74, 6) is -0.418. The van der Waals surface area contributed by atoms with E-state index in [1.165, 1.54) is 13.8 Å². The van der Waals surface area contributed by atoms with Crippen LogP contribution in [0.3, 0.4) is 0 Å². The lowest BCUT2D eigenvalue weighted by Crippen LogP contribution is -2.38. The molecule has 114 valence electrons. The number of aldehydes is 1. The van der Waals surface area contributed by atoms with Crippen LogP contribution in [0.1, 0.15) is 26.7 Å². The van der Waals surface area contributed by atoms with Crippen molar-refractivity contribution in [1.29, 1.82) is 0 Å². The molecule has 0 saturated carbocycles. The number of carboxylic acid groups (broad SMARTS) is 1. The fourth-order valence-corrected chi connectivity index (χ4v) is 2.44. The lowest BCUT2D eigenvalue weighted by atomic mass is 9.99. The minimum absolute atomic E-state index is 0.0683. The Morgan fingerprint density at radius 1 is 1.48 bits per heavy atom. The van der Waals surface area contributed by atoms with E-state index < -0.39 is 11.6 Å². The van der Waals surface area contributed by atoms with Gasteiger partial charge in [0.05, 0.1) is 0 Å². The van der Waals surface area contributed by atoms with E-state index >= 15 is 0 Å². The maximum Gasteiger partial charge on any atom is 0.347 e. The standard InChI is InChI=1S/C16H21NO4/c1-16(2,15(19)20)21-14-7-3-6-13(9-14)17-8-4-5-12(10-17)11-18/h3,6-7,9,11-12H,4-5,8,10H2,1-2H3,(H,19,20). The first-order valence-electron chi connectivity index (χ1n) is 7.15. The summed E-state index contributed by atoms with van der Waals surface area (Å²) >= 11 is 0. The van der Waals surface area contributed by atoms with Crippen LogP contribution in [0.15, 0.2) is 24.3 Å². The number of carboxylic acids is 1. The van der Waals surface area contributed by atoms with Crippen molar-refractivity contribution in [3.8, 4) is 5.75 Å². The van der Waals surface area contributed by atoms with Gasteiger partial charge in [-0.25, -0.2) is 4.79 Å². The van der Waals surface area contributed by atoms with Gasteiger partial charge in [-0.2, -0.15) is 0 Å². The average Bonchev–Trinajstić information content (AvgIpc) is 2.47. The molecule has 1 fully saturated rings. The Morgan fingerprint density at radius 3 is 2.90 bits per heavy atom. The van der Waals surface area contributed by atoms with Gasteiger partial charge in [-0.05, 0) is 38.8 Å². The molecule has 1 aromatic rings. The molecule has 1 unspecified atom stereocenters. The lowest BCUT2D eigenvalue weighted by molar-refractivity contribution is -0.152. The van der Waals surface area contributed by atoms with Crippen molar-refractivity contribution >= 4 is 17.9 Å². The Hall–Kier alpha value is -2.04. The molecule has 1 saturated heterocycles. The molecular weight excluding hydrogens is 270 g/mol. The molecule has 1 N–H and O–H groups in total. The minimum atomic E-state index is -1.27. The van der Waals surface area contributed by atoms with Crippen LogP contribution in [0.25, 0.3) is 0 Å². The van der Waals surface area contributed by atoms with Gasteiger partial charge in [-0.15, -0.1) is 0 Å². The van der Waals surface area contributed by atoms with Crippen molar-refractivity contribution in [2.24, 2.45) is 5.92 Å². The highest BCUT2D eigenvalue weighted by atomic mass is 16.5. The predicted octanol–water partition coefficient (Wildman–Crippen LogP) is 2.34. The van der Waals surface area contributed by atoms with Gasteiger partial charge in [-0.1, -0.05) is 6.07 Å². The molecule has 0 spiro atoms. The Kier molecular flexibility index (Phi) is 4.50. The number of nitrogens with zero attached hydrogens (tertiary/aromatic N) is 1. The number of aliphatic carboxylic acids is 1. The van der Waals surface area contributed by atoms with E-state index in [9.17, 15) is 9.59 Å². The molecule has 0 aliphatic carbocycles. The van der Waals surface area contributed by atoms with Gasteiger partial charge in [0.2, 0.25) is 0 Å². The number of carbonyl (C=O) groups is 2. The minimum Gasteiger partial charge on any atom is -0.478 e. The van der Waals surface area contributed by atoms with Gasteiger partial charge < -0.3 is 19.5 Å². The summed E-state index contributed by atoms with van der Waals surface area (Å²) in [7, 11) is 0. The van der Waals surface area contributed by atoms with Gasteiger partial charge in [-0.3, -0.25) is 0 Å². The molecule has 5 heteroatoms. The van der Waals surface area contributed by atoms with Crippen molar-refractivity contribution in [3.63, 3.8) is 0 Å². The van der Waals surface area contributed by atoms with E-state index in [2.05, 4.69) is 4.90 Å². The van der Waals surface area contributed by atoms with Gasteiger partial charge in [0.15, 0.2) is 5.60 Å². The van der Waals surface area contributed by atoms with Crippen molar-refractivity contribution in [1.82, 2.24) is 0 Å². The number of piperidine rings is 1. The molecule has 1 atom stereocenters. The third kappa shape index (κ3) is 3.74. The molecule has 0 radical (unpaired) electrons. The number of carbonyl (C=O) groups excluding carboxylic acids is 1. The van der Waals surface area contributed by atoms with E-state index in [1.54, 1.807) is 6.07 Å². The van der Waals surface area contributed by atoms with E-state index in [-0.39, 0.29) is 5.92 Å². The van der Waals surface area contributed by atoms with Crippen LogP contribution in [0.5, 0.6) is 5.75 Å². The Labute approximate surface area is 124 Å². The van der Waals surface area contributed by atoms with Crippen LogP contribution in [0, 0.1) is 5.92 Å². The summed E-state index contributed by atoms with van der Waals surface area (Å²) < 4.78 is 5.55. The van der Waals surface area contributed by atoms with Gasteiger partial charge >= 0.3 is 5.97 Å². The Balaban J connectivity index is 2.14. The number of hydrogen-bond acceptors (Lipinski definition) is 4. The van der Waals surface area contributed by atoms with Crippen molar-refractivity contribution in [2.45, 2.75) is 32.3 Å². The highest BCUT2D eigenvalue weighted by Crippen LogP contribution is 2.27. The number of benzene rings is 1. The largest absolute Gasteiger partial charge is 0.478 e. The predicted molar refractivity (Wildman–Crippen MR) is 79.8 cm³/mol. The maximum atomic E-state index is 11.1. The fraction of sp³-hybridized carbons (Fsp3) is 0.500. The first-order valence-corrected chi connectivity index (χ1v) is 7.15. The zero-order valence-corrected chi connectivity index (χ0v) is 12.4. The number of hydrogen-bond donors (Lipinski definition) is 1. The molecule has 2 rings (SSSR count). The SMILES string of the molecule is CC(C)(Oc1cccc(N2CCCC(C=O)C2)c1)C(=O)O. The molecule has 0 bridgehead atoms. The Morgan fingerprint density at radius 2 is 2.24 bits per heavy atom. The van der Waals surface area contributed by atoms with Gasteiger partial charge in [0.1, 0.15) is 12.0 Å². The second kappa shape index (κ2) is 6.16. The van der Waals surface area contributed by atoms with E-state index in [0.717, 1.165) is 31.4 Å². The molecule has 1 aromatic carbocycles. The summed E-state index contributed by atoms with van der Waals surface area (Å²) in [6, 6.07) is 7.37. The van der Waals surface area contributed by atoms with Crippen LogP contribution in [0.2, 0.25) is 0 Å². The summed E-state index contributed by atoms with van der Waals surface area (Å²) in [5.41, 5.74) is -0.313. The second-order valence-electron chi connectivity index (χ2n) is 5.90. The van der Waals surface area contributed by atoms with Crippen LogP contribution in [0.4, 0.5) is 5.69 Å². The third-order valence-electron chi connectivity index (χ3n) is 3.72. The number of rotatable bonds is 5. The zero-order valence-electron chi connectivity index (χ0n) is 12.4. The molecule has 1 aliphatic heterocycles. The van der Waals surface area contributed by atoms with Gasteiger partial charge in [0, 0.05) is 30.8 Å². The topological polar surface area (TPSA) is 66.8 Å². The maximum absolute atomic E-state index is 11.1. The fourth-order valence-electron chi connectivity index (χ4n) is 2.44. The summed E-state index contributed by atoms with van der Waals surface area (Å²) in [6.45, 7) is 4.64. The normalized spacial score (nSPS) is 19.1. The smallest absolute Gasteiger partial charge is 0.347 e. The number of anilines is 1. The average molecular weight is 291 g/mol.